The summed E-state index contributed by atoms with van der Waals surface area (Å²) < 4.78 is 6.22. The number of hydrogen-bond acceptors (Lipinski definition) is 8. The molecular weight excluding hydrogens is 358 g/mol. The van der Waals surface area contributed by atoms with Gasteiger partial charge in [-0.25, -0.2) is 4.79 Å². The van der Waals surface area contributed by atoms with Gasteiger partial charge in [0.2, 0.25) is 0 Å². The summed E-state index contributed by atoms with van der Waals surface area (Å²) in [5.74, 6) is -0.456. The van der Waals surface area contributed by atoms with Gasteiger partial charge >= 0.3 is 5.69 Å². The molecule has 0 spiro atoms. The first-order valence-electron chi connectivity index (χ1n) is 8.18. The Morgan fingerprint density at radius 3 is 2.44 bits per heavy atom. The number of benzene rings is 1. The zero-order valence-electron chi connectivity index (χ0n) is 14.0. The van der Waals surface area contributed by atoms with E-state index in [4.69, 9.17) is 4.74 Å². The monoisotopic (exact) mass is 377 g/mol. The number of rotatable bonds is 4. The number of aliphatic hydroxyl groups is 4. The van der Waals surface area contributed by atoms with Crippen LogP contribution in [0.1, 0.15) is 16.6 Å². The van der Waals surface area contributed by atoms with Crippen LogP contribution in [0.5, 0.6) is 0 Å². The maximum absolute atomic E-state index is 12.3. The quantitative estimate of drug-likeness (QED) is 0.430. The average molecular weight is 377 g/mol. The van der Waals surface area contributed by atoms with Crippen molar-refractivity contribution in [3.8, 4) is 0 Å². The lowest BCUT2D eigenvalue weighted by molar-refractivity contribution is -0.252. The predicted octanol–water partition coefficient (Wildman–Crippen LogP) is -1.53. The van der Waals surface area contributed by atoms with Crippen LogP contribution in [0.15, 0.2) is 47.4 Å². The van der Waals surface area contributed by atoms with Gasteiger partial charge < -0.3 is 30.5 Å². The van der Waals surface area contributed by atoms with Crippen LogP contribution < -0.4 is 11.0 Å². The molecule has 1 aliphatic heterocycles. The number of carbonyl (C=O) groups is 1. The van der Waals surface area contributed by atoms with E-state index in [1.54, 1.807) is 30.3 Å². The molecule has 5 atom stereocenters. The topological polar surface area (TPSA) is 154 Å². The van der Waals surface area contributed by atoms with Crippen molar-refractivity contribution < 1.29 is 30.0 Å². The summed E-state index contributed by atoms with van der Waals surface area (Å²) in [5, 5.41) is 41.4. The first-order chi connectivity index (χ1) is 12.9. The summed E-state index contributed by atoms with van der Waals surface area (Å²) in [6, 6.07) is 9.67. The molecule has 1 aliphatic rings. The molecule has 0 unspecified atom stereocenters. The number of anilines is 1. The van der Waals surface area contributed by atoms with Crippen molar-refractivity contribution >= 4 is 11.7 Å². The highest BCUT2D eigenvalue weighted by atomic mass is 16.6. The van der Waals surface area contributed by atoms with E-state index >= 15 is 0 Å². The van der Waals surface area contributed by atoms with E-state index in [-0.39, 0.29) is 5.82 Å². The molecule has 2 heterocycles. The highest BCUT2D eigenvalue weighted by Crippen LogP contribution is 2.27. The molecule has 27 heavy (non-hydrogen) atoms. The fourth-order valence-electron chi connectivity index (χ4n) is 2.77. The second kappa shape index (κ2) is 7.94. The number of nitrogens with one attached hydrogen (secondary N) is 1. The van der Waals surface area contributed by atoms with Crippen molar-refractivity contribution in [1.29, 1.82) is 0 Å². The predicted molar refractivity (Wildman–Crippen MR) is 91.9 cm³/mol. The van der Waals surface area contributed by atoms with Crippen molar-refractivity contribution in [2.24, 2.45) is 0 Å². The average Bonchev–Trinajstić information content (AvgIpc) is 2.68. The van der Waals surface area contributed by atoms with E-state index < -0.39 is 48.8 Å². The standard InChI is InChI=1S/C17H19N3O7/c21-8-10-12(22)13(23)14(24)16(27-10)20-7-6-11(19-17(20)26)18-15(25)9-4-2-1-3-5-9/h1-7,10,12-14,16,21-24H,8H2,(H,18,19,25,26)/t10-,12-,13+,14-,16-/m1/s1. The van der Waals surface area contributed by atoms with Gasteiger partial charge in [0.15, 0.2) is 6.23 Å². The van der Waals surface area contributed by atoms with Crippen LogP contribution in [0.4, 0.5) is 5.82 Å². The summed E-state index contributed by atoms with van der Waals surface area (Å²) in [4.78, 5) is 28.1. The van der Waals surface area contributed by atoms with Crippen LogP contribution in [0.3, 0.4) is 0 Å². The van der Waals surface area contributed by atoms with Crippen molar-refractivity contribution in [1.82, 2.24) is 9.55 Å². The Bertz CT molecular complexity index is 855. The van der Waals surface area contributed by atoms with Crippen LogP contribution in [-0.4, -0.2) is 66.9 Å². The van der Waals surface area contributed by atoms with Gasteiger partial charge in [-0.2, -0.15) is 4.98 Å². The van der Waals surface area contributed by atoms with Crippen molar-refractivity contribution in [3.05, 3.63) is 58.6 Å². The Balaban J connectivity index is 1.80. The molecule has 1 aromatic heterocycles. The first-order valence-corrected chi connectivity index (χ1v) is 8.18. The lowest BCUT2D eigenvalue weighted by Gasteiger charge is -2.40. The fourth-order valence-corrected chi connectivity index (χ4v) is 2.77. The maximum atomic E-state index is 12.3. The summed E-state index contributed by atoms with van der Waals surface area (Å²) in [7, 11) is 0. The molecule has 3 rings (SSSR count). The highest BCUT2D eigenvalue weighted by Gasteiger charge is 2.44. The Hall–Kier alpha value is -2.63. The van der Waals surface area contributed by atoms with Crippen molar-refractivity contribution in [3.63, 3.8) is 0 Å². The number of carbonyl (C=O) groups excluding carboxylic acids is 1. The second-order valence-corrected chi connectivity index (χ2v) is 6.04. The summed E-state index contributed by atoms with van der Waals surface area (Å²) in [5.41, 5.74) is -0.470. The third-order valence-corrected chi connectivity index (χ3v) is 4.25. The maximum Gasteiger partial charge on any atom is 0.351 e. The van der Waals surface area contributed by atoms with E-state index in [2.05, 4.69) is 10.3 Å². The Labute approximate surface area is 153 Å². The fraction of sp³-hybridized carbons (Fsp3) is 0.353. The summed E-state index contributed by atoms with van der Waals surface area (Å²) in [6.45, 7) is -0.616. The second-order valence-electron chi connectivity index (χ2n) is 6.04. The van der Waals surface area contributed by atoms with Gasteiger partial charge in [-0.05, 0) is 18.2 Å². The molecule has 1 amide bonds. The van der Waals surface area contributed by atoms with Crippen LogP contribution >= 0.6 is 0 Å². The summed E-state index contributed by atoms with van der Waals surface area (Å²) >= 11 is 0. The third kappa shape index (κ3) is 3.89. The molecule has 0 bridgehead atoms. The van der Waals surface area contributed by atoms with Gasteiger partial charge in [0.25, 0.3) is 5.91 Å². The molecule has 2 aromatic rings. The van der Waals surface area contributed by atoms with E-state index in [1.807, 2.05) is 0 Å². The van der Waals surface area contributed by atoms with E-state index in [9.17, 15) is 30.0 Å². The van der Waals surface area contributed by atoms with Gasteiger partial charge in [0.1, 0.15) is 30.2 Å². The molecule has 10 nitrogen and oxygen atoms in total. The number of aliphatic hydroxyl groups excluding tert-OH is 4. The zero-order chi connectivity index (χ0) is 19.6. The largest absolute Gasteiger partial charge is 0.394 e. The van der Waals surface area contributed by atoms with E-state index in [1.165, 1.54) is 12.3 Å². The van der Waals surface area contributed by atoms with Gasteiger partial charge in [0, 0.05) is 11.8 Å². The minimum atomic E-state index is -1.62. The smallest absolute Gasteiger partial charge is 0.351 e. The molecule has 1 aromatic carbocycles. The Kier molecular flexibility index (Phi) is 5.63. The van der Waals surface area contributed by atoms with Gasteiger partial charge in [0.05, 0.1) is 6.61 Å². The number of aromatic nitrogens is 2. The molecule has 10 heteroatoms. The number of hydrogen-bond donors (Lipinski definition) is 5. The minimum absolute atomic E-state index is 0.00491. The molecule has 0 radical (unpaired) electrons. The van der Waals surface area contributed by atoms with E-state index in [0.29, 0.717) is 5.56 Å². The molecule has 1 fully saturated rings. The van der Waals surface area contributed by atoms with Crippen LogP contribution in [0.2, 0.25) is 0 Å². The summed E-state index contributed by atoms with van der Waals surface area (Å²) in [6.07, 6.45) is -6.06. The number of nitrogens with zero attached hydrogens (tertiary/aromatic N) is 2. The number of ether oxygens (including phenoxy) is 1. The highest BCUT2D eigenvalue weighted by molar-refractivity contribution is 6.03. The minimum Gasteiger partial charge on any atom is -0.394 e. The van der Waals surface area contributed by atoms with E-state index in [0.717, 1.165) is 4.57 Å². The molecule has 0 saturated carbocycles. The molecule has 5 N–H and O–H groups in total. The van der Waals surface area contributed by atoms with Gasteiger partial charge in [-0.3, -0.25) is 9.36 Å². The normalized spacial score (nSPS) is 27.9. The molecular formula is C17H19N3O7. The van der Waals surface area contributed by atoms with Crippen molar-refractivity contribution in [2.75, 3.05) is 11.9 Å². The number of amides is 1. The Morgan fingerprint density at radius 2 is 1.81 bits per heavy atom. The van der Waals surface area contributed by atoms with Crippen LogP contribution in [-0.2, 0) is 4.74 Å². The lowest BCUT2D eigenvalue weighted by atomic mass is 9.98. The first kappa shape index (κ1) is 19.1. The van der Waals surface area contributed by atoms with Crippen LogP contribution in [0, 0.1) is 0 Å². The lowest BCUT2D eigenvalue weighted by Crippen LogP contribution is -2.57. The molecule has 1 saturated heterocycles. The third-order valence-electron chi connectivity index (χ3n) is 4.25. The van der Waals surface area contributed by atoms with Gasteiger partial charge in [-0.15, -0.1) is 0 Å². The molecule has 0 aliphatic carbocycles. The Morgan fingerprint density at radius 1 is 1.11 bits per heavy atom. The van der Waals surface area contributed by atoms with Gasteiger partial charge in [-0.1, -0.05) is 18.2 Å². The SMILES string of the molecule is O=C(Nc1ccn([C@@H]2O[C@H](CO)[C@@H](O)[C@H](O)[C@H]2O)c(=O)n1)c1ccccc1. The van der Waals surface area contributed by atoms with Crippen molar-refractivity contribution in [2.45, 2.75) is 30.6 Å². The molecule has 144 valence electrons. The zero-order valence-corrected chi connectivity index (χ0v) is 14.0. The van der Waals surface area contributed by atoms with Crippen LogP contribution in [0.25, 0.3) is 0 Å².